The van der Waals surface area contributed by atoms with Crippen molar-refractivity contribution >= 4 is 33.1 Å². The van der Waals surface area contributed by atoms with Crippen molar-refractivity contribution in [3.05, 3.63) is 71.8 Å². The SMILES string of the molecule is Cc1ccc(-c2cncc3[nH]c(-c4n[nH]c5cnc(-c6cncc(CCCN(C)C)c6)cc45)cc23)s1. The van der Waals surface area contributed by atoms with Gasteiger partial charge in [0, 0.05) is 50.2 Å². The first-order valence-electron chi connectivity index (χ1n) is 12.0. The van der Waals surface area contributed by atoms with Crippen LogP contribution in [0.25, 0.3) is 54.9 Å². The fraction of sp³-hybridized carbons (Fsp3) is 0.214. The van der Waals surface area contributed by atoms with E-state index < -0.39 is 0 Å². The van der Waals surface area contributed by atoms with E-state index in [1.165, 1.54) is 15.3 Å². The van der Waals surface area contributed by atoms with Crippen LogP contribution in [0, 0.1) is 6.92 Å². The minimum Gasteiger partial charge on any atom is -0.352 e. The summed E-state index contributed by atoms with van der Waals surface area (Å²) >= 11 is 1.78. The zero-order valence-electron chi connectivity index (χ0n) is 20.5. The number of aromatic amines is 2. The maximum absolute atomic E-state index is 4.69. The molecule has 7 nitrogen and oxygen atoms in total. The van der Waals surface area contributed by atoms with Gasteiger partial charge >= 0.3 is 0 Å². The first-order chi connectivity index (χ1) is 17.5. The topological polar surface area (TPSA) is 86.4 Å². The van der Waals surface area contributed by atoms with Crippen LogP contribution in [0.1, 0.15) is 16.9 Å². The van der Waals surface area contributed by atoms with Gasteiger partial charge in [0.25, 0.3) is 0 Å². The van der Waals surface area contributed by atoms with Gasteiger partial charge in [-0.2, -0.15) is 5.10 Å². The Bertz CT molecular complexity index is 1670. The molecule has 0 fully saturated rings. The van der Waals surface area contributed by atoms with Gasteiger partial charge in [0.1, 0.15) is 5.69 Å². The number of nitrogens with one attached hydrogen (secondary N) is 2. The van der Waals surface area contributed by atoms with E-state index >= 15 is 0 Å². The van der Waals surface area contributed by atoms with Gasteiger partial charge in [0.15, 0.2) is 0 Å². The zero-order chi connectivity index (χ0) is 24.6. The van der Waals surface area contributed by atoms with Crippen molar-refractivity contribution in [3.63, 3.8) is 0 Å². The molecule has 0 aliphatic rings. The number of hydrogen-bond donors (Lipinski definition) is 2. The van der Waals surface area contributed by atoms with Crippen LogP contribution in [-0.2, 0) is 6.42 Å². The third kappa shape index (κ3) is 4.29. The van der Waals surface area contributed by atoms with Crippen LogP contribution in [0.15, 0.2) is 61.3 Å². The number of aromatic nitrogens is 6. The number of pyridine rings is 3. The van der Waals surface area contributed by atoms with Crippen LogP contribution >= 0.6 is 11.3 Å². The molecule has 0 saturated carbocycles. The summed E-state index contributed by atoms with van der Waals surface area (Å²) in [6.07, 6.45) is 11.6. The number of nitrogens with zero attached hydrogens (tertiary/aromatic N) is 5. The number of thiophene rings is 1. The minimum absolute atomic E-state index is 0.869. The lowest BCUT2D eigenvalue weighted by atomic mass is 10.1. The molecule has 2 N–H and O–H groups in total. The van der Waals surface area contributed by atoms with Gasteiger partial charge in [0.2, 0.25) is 0 Å². The standard InChI is InChI=1S/C28H27N7S/c1-17-6-7-27(36-17)22-14-30-15-25-20(22)10-24(32-25)28-21-11-23(31-16-26(21)33-34-28)19-9-18(12-29-13-19)5-4-8-35(2)3/h6-7,9-16,32H,4-5,8H2,1-3H3,(H,33,34). The molecule has 6 rings (SSSR count). The molecule has 0 aliphatic carbocycles. The molecule has 8 heteroatoms. The lowest BCUT2D eigenvalue weighted by Gasteiger charge is -2.09. The fourth-order valence-corrected chi connectivity index (χ4v) is 5.49. The highest BCUT2D eigenvalue weighted by molar-refractivity contribution is 7.15. The summed E-state index contributed by atoms with van der Waals surface area (Å²) in [6, 6.07) is 10.8. The Labute approximate surface area is 213 Å². The highest BCUT2D eigenvalue weighted by Gasteiger charge is 2.16. The quantitative estimate of drug-likeness (QED) is 0.281. The Balaban J connectivity index is 1.37. The Morgan fingerprint density at radius 3 is 2.64 bits per heavy atom. The second kappa shape index (κ2) is 9.29. The predicted octanol–water partition coefficient (Wildman–Crippen LogP) is 6.09. The van der Waals surface area contributed by atoms with Crippen molar-refractivity contribution in [2.24, 2.45) is 0 Å². The van der Waals surface area contributed by atoms with E-state index in [0.29, 0.717) is 0 Å². The highest BCUT2D eigenvalue weighted by atomic mass is 32.1. The van der Waals surface area contributed by atoms with E-state index in [-0.39, 0.29) is 0 Å². The lowest BCUT2D eigenvalue weighted by Crippen LogP contribution is -2.13. The summed E-state index contributed by atoms with van der Waals surface area (Å²) in [4.78, 5) is 21.9. The van der Waals surface area contributed by atoms with Crippen LogP contribution in [0.2, 0.25) is 0 Å². The molecule has 6 heterocycles. The Morgan fingerprint density at radius 1 is 0.917 bits per heavy atom. The minimum atomic E-state index is 0.869. The van der Waals surface area contributed by atoms with Crippen molar-refractivity contribution in [1.82, 2.24) is 35.0 Å². The maximum atomic E-state index is 4.69. The summed E-state index contributed by atoms with van der Waals surface area (Å²) < 4.78 is 0. The predicted molar refractivity (Wildman–Crippen MR) is 147 cm³/mol. The van der Waals surface area contributed by atoms with Gasteiger partial charge < -0.3 is 9.88 Å². The zero-order valence-corrected chi connectivity index (χ0v) is 21.4. The summed E-state index contributed by atoms with van der Waals surface area (Å²) in [5.74, 6) is 0. The molecule has 0 atom stereocenters. The summed E-state index contributed by atoms with van der Waals surface area (Å²) in [6.45, 7) is 3.18. The lowest BCUT2D eigenvalue weighted by molar-refractivity contribution is 0.400. The molecule has 6 aromatic rings. The van der Waals surface area contributed by atoms with E-state index in [4.69, 9.17) is 4.98 Å². The van der Waals surface area contributed by atoms with Gasteiger partial charge in [0.05, 0.1) is 34.8 Å². The van der Waals surface area contributed by atoms with E-state index in [1.54, 1.807) is 11.3 Å². The molecule has 6 aromatic heterocycles. The average Bonchev–Trinajstić information content (AvgIpc) is 3.61. The van der Waals surface area contributed by atoms with Gasteiger partial charge in [-0.15, -0.1) is 11.3 Å². The molecule has 0 radical (unpaired) electrons. The normalized spacial score (nSPS) is 11.8. The smallest absolute Gasteiger partial charge is 0.116 e. The number of rotatable bonds is 7. The monoisotopic (exact) mass is 493 g/mol. The second-order valence-corrected chi connectivity index (χ2v) is 10.7. The molecule has 0 bridgehead atoms. The van der Waals surface area contributed by atoms with Crippen molar-refractivity contribution in [2.45, 2.75) is 19.8 Å². The molecular formula is C28H27N7S. The molecule has 0 saturated heterocycles. The number of H-pyrrole nitrogens is 2. The van der Waals surface area contributed by atoms with Gasteiger partial charge in [-0.1, -0.05) is 0 Å². The maximum Gasteiger partial charge on any atom is 0.116 e. The summed E-state index contributed by atoms with van der Waals surface area (Å²) in [7, 11) is 4.20. The van der Waals surface area contributed by atoms with Crippen LogP contribution in [0.5, 0.6) is 0 Å². The third-order valence-corrected chi connectivity index (χ3v) is 7.45. The summed E-state index contributed by atoms with van der Waals surface area (Å²) in [5.41, 5.74) is 7.97. The van der Waals surface area contributed by atoms with Crippen LogP contribution in [-0.4, -0.2) is 55.7 Å². The van der Waals surface area contributed by atoms with E-state index in [9.17, 15) is 0 Å². The first-order valence-corrected chi connectivity index (χ1v) is 12.8. The average molecular weight is 494 g/mol. The van der Waals surface area contributed by atoms with Crippen LogP contribution in [0.3, 0.4) is 0 Å². The van der Waals surface area contributed by atoms with Crippen molar-refractivity contribution < 1.29 is 0 Å². The number of aryl methyl sites for hydroxylation is 2. The Kier molecular flexibility index (Phi) is 5.83. The Morgan fingerprint density at radius 2 is 1.81 bits per heavy atom. The number of fused-ring (bicyclic) bond motifs is 2. The van der Waals surface area contributed by atoms with Crippen molar-refractivity contribution in [1.29, 1.82) is 0 Å². The molecule has 0 spiro atoms. The number of hydrogen-bond acceptors (Lipinski definition) is 6. The van der Waals surface area contributed by atoms with E-state index in [1.807, 2.05) is 31.0 Å². The van der Waals surface area contributed by atoms with Crippen LogP contribution < -0.4 is 0 Å². The van der Waals surface area contributed by atoms with Crippen molar-refractivity contribution in [3.8, 4) is 33.1 Å². The highest BCUT2D eigenvalue weighted by Crippen LogP contribution is 2.36. The molecule has 0 aliphatic heterocycles. The van der Waals surface area contributed by atoms with Crippen molar-refractivity contribution in [2.75, 3.05) is 20.6 Å². The molecule has 0 unspecified atom stereocenters. The largest absolute Gasteiger partial charge is 0.352 e. The van der Waals surface area contributed by atoms with Gasteiger partial charge in [-0.25, -0.2) is 0 Å². The molecule has 0 amide bonds. The van der Waals surface area contributed by atoms with E-state index in [2.05, 4.69) is 81.4 Å². The van der Waals surface area contributed by atoms with Gasteiger partial charge in [-0.05, 0) is 76.3 Å². The van der Waals surface area contributed by atoms with Crippen LogP contribution in [0.4, 0.5) is 0 Å². The van der Waals surface area contributed by atoms with E-state index in [0.717, 1.165) is 69.4 Å². The fourth-order valence-electron chi connectivity index (χ4n) is 4.60. The molecule has 0 aromatic carbocycles. The first kappa shape index (κ1) is 22.6. The summed E-state index contributed by atoms with van der Waals surface area (Å²) in [5, 5.41) is 9.95. The molecule has 36 heavy (non-hydrogen) atoms. The third-order valence-electron chi connectivity index (χ3n) is 6.42. The molecule has 180 valence electrons. The van der Waals surface area contributed by atoms with Gasteiger partial charge in [-0.3, -0.25) is 20.1 Å². The Hall–Kier alpha value is -3.88. The molecular weight excluding hydrogens is 466 g/mol. The second-order valence-electron chi connectivity index (χ2n) is 9.42.